The zero-order valence-electron chi connectivity index (χ0n) is 10.1. The van der Waals surface area contributed by atoms with Crippen LogP contribution < -0.4 is 5.32 Å². The summed E-state index contributed by atoms with van der Waals surface area (Å²) in [7, 11) is 0. The number of hydrogen-bond acceptors (Lipinski definition) is 7. The van der Waals surface area contributed by atoms with Gasteiger partial charge < -0.3 is 0 Å². The maximum absolute atomic E-state index is 12.4. The molecule has 3 aromatic rings. The molecule has 9 heteroatoms. The fraction of sp³-hybridized carbons (Fsp3) is 0.0909. The molecule has 1 N–H and O–H groups in total. The van der Waals surface area contributed by atoms with Crippen LogP contribution in [0, 0.1) is 0 Å². The zero-order chi connectivity index (χ0) is 13.8. The molecule has 1 atom stereocenters. The van der Waals surface area contributed by atoms with E-state index in [4.69, 9.17) is 0 Å². The maximum atomic E-state index is 12.4. The molecule has 1 unspecified atom stereocenters. The van der Waals surface area contributed by atoms with E-state index in [-0.39, 0.29) is 5.91 Å². The summed E-state index contributed by atoms with van der Waals surface area (Å²) in [5, 5.41) is 21.6. The number of tetrazole rings is 1. The predicted molar refractivity (Wildman–Crippen MR) is 70.9 cm³/mol. The summed E-state index contributed by atoms with van der Waals surface area (Å²) in [5.74, 6) is -0.278. The second-order valence-corrected chi connectivity index (χ2v) is 4.67. The highest BCUT2D eigenvalue weighted by molar-refractivity contribution is 7.13. The zero-order valence-corrected chi connectivity index (χ0v) is 10.9. The molecule has 0 aliphatic carbocycles. The summed E-state index contributed by atoms with van der Waals surface area (Å²) < 4.78 is 1.39. The first-order valence-electron chi connectivity index (χ1n) is 5.69. The van der Waals surface area contributed by atoms with E-state index < -0.39 is 6.04 Å². The van der Waals surface area contributed by atoms with E-state index in [9.17, 15) is 4.79 Å². The fourth-order valence-electron chi connectivity index (χ4n) is 1.75. The van der Waals surface area contributed by atoms with E-state index in [1.54, 1.807) is 5.51 Å². The average molecular weight is 287 g/mol. The molecule has 0 bridgehead atoms. The number of carbonyl (C=O) groups excluding carboxylic acids is 1. The number of hydrogen-bond donors (Lipinski definition) is 1. The molecule has 1 amide bonds. The van der Waals surface area contributed by atoms with Gasteiger partial charge in [-0.3, -0.25) is 10.1 Å². The van der Waals surface area contributed by atoms with E-state index in [0.717, 1.165) is 5.56 Å². The third-order valence-corrected chi connectivity index (χ3v) is 3.19. The molecular formula is C11H9N7OS. The molecule has 0 saturated heterocycles. The lowest BCUT2D eigenvalue weighted by Gasteiger charge is -2.15. The minimum atomic E-state index is -0.657. The molecule has 0 fully saturated rings. The molecule has 100 valence electrons. The largest absolute Gasteiger partial charge is 0.298 e. The highest BCUT2D eigenvalue weighted by atomic mass is 32.1. The molecule has 0 radical (unpaired) electrons. The van der Waals surface area contributed by atoms with Gasteiger partial charge in [-0.2, -0.15) is 0 Å². The summed E-state index contributed by atoms with van der Waals surface area (Å²) in [6.45, 7) is 0. The topological polar surface area (TPSA) is 98.5 Å². The number of nitrogens with one attached hydrogen (secondary N) is 1. The lowest BCUT2D eigenvalue weighted by Crippen LogP contribution is -2.27. The van der Waals surface area contributed by atoms with Crippen LogP contribution in [-0.4, -0.2) is 36.3 Å². The first-order chi connectivity index (χ1) is 9.84. The van der Waals surface area contributed by atoms with Gasteiger partial charge in [0.25, 0.3) is 5.91 Å². The molecule has 0 aliphatic rings. The number of nitrogens with zero attached hydrogens (tertiary/aromatic N) is 6. The van der Waals surface area contributed by atoms with Crippen LogP contribution in [0.4, 0.5) is 5.13 Å². The lowest BCUT2D eigenvalue weighted by atomic mass is 10.1. The summed E-state index contributed by atoms with van der Waals surface area (Å²) in [6, 6.07) is 8.60. The van der Waals surface area contributed by atoms with Gasteiger partial charge in [-0.25, -0.2) is 4.68 Å². The molecule has 0 spiro atoms. The molecule has 0 saturated carbocycles. The molecule has 8 nitrogen and oxygen atoms in total. The molecular weight excluding hydrogens is 278 g/mol. The first kappa shape index (κ1) is 12.4. The second-order valence-electron chi connectivity index (χ2n) is 3.84. The Bertz CT molecular complexity index is 668. The van der Waals surface area contributed by atoms with E-state index in [1.807, 2.05) is 30.3 Å². The monoisotopic (exact) mass is 287 g/mol. The van der Waals surface area contributed by atoms with Crippen LogP contribution in [0.25, 0.3) is 0 Å². The van der Waals surface area contributed by atoms with E-state index in [0.29, 0.717) is 5.13 Å². The normalized spacial score (nSPS) is 12.0. The van der Waals surface area contributed by atoms with Gasteiger partial charge in [0.1, 0.15) is 11.8 Å². The predicted octanol–water partition coefficient (Wildman–Crippen LogP) is 0.753. The van der Waals surface area contributed by atoms with Gasteiger partial charge in [0.05, 0.1) is 0 Å². The number of benzene rings is 1. The van der Waals surface area contributed by atoms with Crippen molar-refractivity contribution in [2.45, 2.75) is 6.04 Å². The van der Waals surface area contributed by atoms with Crippen molar-refractivity contribution in [1.29, 1.82) is 0 Å². The van der Waals surface area contributed by atoms with E-state index >= 15 is 0 Å². The smallest absolute Gasteiger partial charge is 0.255 e. The van der Waals surface area contributed by atoms with Crippen molar-refractivity contribution in [3.63, 3.8) is 0 Å². The van der Waals surface area contributed by atoms with Crippen LogP contribution in [0.1, 0.15) is 11.6 Å². The average Bonchev–Trinajstić information content (AvgIpc) is 3.14. The van der Waals surface area contributed by atoms with Gasteiger partial charge in [-0.05, 0) is 16.0 Å². The van der Waals surface area contributed by atoms with Crippen molar-refractivity contribution in [3.8, 4) is 0 Å². The number of aromatic nitrogens is 6. The molecule has 3 rings (SSSR count). The standard InChI is InChI=1S/C11H9N7OS/c19-10(14-11-15-13-7-20-11)9(18-6-12-16-17-18)8-4-2-1-3-5-8/h1-7,9H,(H,14,15,19). The summed E-state index contributed by atoms with van der Waals surface area (Å²) in [6.07, 6.45) is 1.40. The molecule has 2 aromatic heterocycles. The van der Waals surface area contributed by atoms with Crippen molar-refractivity contribution in [3.05, 3.63) is 47.7 Å². The fourth-order valence-corrected chi connectivity index (χ4v) is 2.20. The Morgan fingerprint density at radius 1 is 1.25 bits per heavy atom. The Balaban J connectivity index is 1.92. The molecule has 1 aromatic carbocycles. The van der Waals surface area contributed by atoms with Crippen LogP contribution in [0.3, 0.4) is 0 Å². The Labute approximate surface area is 117 Å². The quantitative estimate of drug-likeness (QED) is 0.760. The lowest BCUT2D eigenvalue weighted by molar-refractivity contribution is -0.118. The third kappa shape index (κ3) is 2.52. The molecule has 0 aliphatic heterocycles. The van der Waals surface area contributed by atoms with Crippen LogP contribution in [0.2, 0.25) is 0 Å². The third-order valence-electron chi connectivity index (χ3n) is 2.58. The van der Waals surface area contributed by atoms with Gasteiger partial charge in [-0.1, -0.05) is 41.7 Å². The highest BCUT2D eigenvalue weighted by Gasteiger charge is 2.24. The SMILES string of the molecule is O=C(Nc1nncs1)C(c1ccccc1)n1cnnn1. The van der Waals surface area contributed by atoms with Crippen molar-refractivity contribution in [2.75, 3.05) is 5.32 Å². The Kier molecular flexibility index (Phi) is 3.42. The van der Waals surface area contributed by atoms with Gasteiger partial charge in [0.15, 0.2) is 6.04 Å². The van der Waals surface area contributed by atoms with Crippen LogP contribution >= 0.6 is 11.3 Å². The van der Waals surface area contributed by atoms with E-state index in [2.05, 4.69) is 31.0 Å². The Hall–Kier alpha value is -2.68. The van der Waals surface area contributed by atoms with Gasteiger partial charge >= 0.3 is 0 Å². The van der Waals surface area contributed by atoms with Gasteiger partial charge in [0.2, 0.25) is 5.13 Å². The number of rotatable bonds is 4. The van der Waals surface area contributed by atoms with Crippen LogP contribution in [-0.2, 0) is 4.79 Å². The van der Waals surface area contributed by atoms with Crippen molar-refractivity contribution in [1.82, 2.24) is 30.4 Å². The second kappa shape index (κ2) is 5.53. The molecule has 2 heterocycles. The minimum Gasteiger partial charge on any atom is -0.298 e. The summed E-state index contributed by atoms with van der Waals surface area (Å²) >= 11 is 1.25. The maximum Gasteiger partial charge on any atom is 0.255 e. The highest BCUT2D eigenvalue weighted by Crippen LogP contribution is 2.19. The van der Waals surface area contributed by atoms with Crippen LogP contribution in [0.15, 0.2) is 42.2 Å². The van der Waals surface area contributed by atoms with Crippen molar-refractivity contribution in [2.24, 2.45) is 0 Å². The van der Waals surface area contributed by atoms with Gasteiger partial charge in [-0.15, -0.1) is 15.3 Å². The van der Waals surface area contributed by atoms with Crippen molar-refractivity contribution >= 4 is 22.4 Å². The summed E-state index contributed by atoms with van der Waals surface area (Å²) in [5.41, 5.74) is 2.33. The molecule has 20 heavy (non-hydrogen) atoms. The Morgan fingerprint density at radius 2 is 2.10 bits per heavy atom. The Morgan fingerprint density at radius 3 is 2.75 bits per heavy atom. The number of amides is 1. The van der Waals surface area contributed by atoms with Crippen LogP contribution in [0.5, 0.6) is 0 Å². The van der Waals surface area contributed by atoms with E-state index in [1.165, 1.54) is 22.3 Å². The summed E-state index contributed by atoms with van der Waals surface area (Å²) in [4.78, 5) is 12.4. The number of carbonyl (C=O) groups is 1. The minimum absolute atomic E-state index is 0.278. The van der Waals surface area contributed by atoms with Crippen molar-refractivity contribution < 1.29 is 4.79 Å². The number of anilines is 1. The first-order valence-corrected chi connectivity index (χ1v) is 6.57. The van der Waals surface area contributed by atoms with Gasteiger partial charge in [0, 0.05) is 0 Å².